The first-order valence-corrected chi connectivity index (χ1v) is 6.57. The van der Waals surface area contributed by atoms with Crippen LogP contribution in [0.1, 0.15) is 36.9 Å². The predicted molar refractivity (Wildman–Crippen MR) is 69.8 cm³/mol. The highest BCUT2D eigenvalue weighted by atomic mass is 79.9. The van der Waals surface area contributed by atoms with Crippen molar-refractivity contribution in [2.45, 2.75) is 25.8 Å². The molecule has 88 valence electrons. The Bertz CT molecular complexity index is 359. The molecule has 16 heavy (non-hydrogen) atoms. The third-order valence-corrected chi connectivity index (χ3v) is 3.39. The number of benzene rings is 1. The van der Waals surface area contributed by atoms with Gasteiger partial charge in [-0.15, -0.1) is 0 Å². The van der Waals surface area contributed by atoms with E-state index in [0.717, 1.165) is 24.2 Å². The lowest BCUT2D eigenvalue weighted by molar-refractivity contribution is 0.0768. The van der Waals surface area contributed by atoms with E-state index < -0.39 is 0 Å². The fourth-order valence-electron chi connectivity index (χ4n) is 1.95. The molecule has 1 aliphatic rings. The van der Waals surface area contributed by atoms with Crippen molar-refractivity contribution in [3.63, 3.8) is 0 Å². The highest BCUT2D eigenvalue weighted by molar-refractivity contribution is 9.10. The normalized spacial score (nSPS) is 21.4. The molecule has 1 heterocycles. The maximum Gasteiger partial charge on any atom is 0.0662 e. The Labute approximate surface area is 106 Å². The molecule has 1 aliphatic heterocycles. The minimum absolute atomic E-state index is 0.337. The van der Waals surface area contributed by atoms with Crippen molar-refractivity contribution in [1.29, 1.82) is 0 Å². The second kappa shape index (κ2) is 5.30. The van der Waals surface area contributed by atoms with Crippen LogP contribution in [0, 0.1) is 0 Å². The standard InChI is InChI=1S/C13H18BrNO/c1-9(2)10-5-11(7-12(14)6-10)13-8-16-4-3-15-13/h5-7,9,13,15H,3-4,8H2,1-2H3. The second-order valence-corrected chi connectivity index (χ2v) is 5.47. The van der Waals surface area contributed by atoms with Crippen molar-refractivity contribution < 1.29 is 4.74 Å². The van der Waals surface area contributed by atoms with Crippen LogP contribution in [0.5, 0.6) is 0 Å². The molecule has 0 saturated carbocycles. The number of ether oxygens (including phenoxy) is 1. The molecule has 0 bridgehead atoms. The SMILES string of the molecule is CC(C)c1cc(Br)cc(C2COCCN2)c1. The van der Waals surface area contributed by atoms with Gasteiger partial charge >= 0.3 is 0 Å². The highest BCUT2D eigenvalue weighted by Gasteiger charge is 2.16. The molecule has 1 fully saturated rings. The summed E-state index contributed by atoms with van der Waals surface area (Å²) in [5, 5.41) is 3.48. The molecule has 0 radical (unpaired) electrons. The maximum atomic E-state index is 5.50. The largest absolute Gasteiger partial charge is 0.378 e. The summed E-state index contributed by atoms with van der Waals surface area (Å²) in [5.74, 6) is 0.556. The number of nitrogens with one attached hydrogen (secondary N) is 1. The van der Waals surface area contributed by atoms with Crippen molar-refractivity contribution in [2.75, 3.05) is 19.8 Å². The summed E-state index contributed by atoms with van der Waals surface area (Å²) in [6.07, 6.45) is 0. The molecule has 0 aliphatic carbocycles. The molecule has 1 unspecified atom stereocenters. The number of hydrogen-bond acceptors (Lipinski definition) is 2. The van der Waals surface area contributed by atoms with Crippen LogP contribution in [0.4, 0.5) is 0 Å². The summed E-state index contributed by atoms with van der Waals surface area (Å²) in [7, 11) is 0. The van der Waals surface area contributed by atoms with Gasteiger partial charge in [-0.3, -0.25) is 0 Å². The van der Waals surface area contributed by atoms with Gasteiger partial charge in [-0.1, -0.05) is 35.8 Å². The summed E-state index contributed by atoms with van der Waals surface area (Å²) in [5.41, 5.74) is 2.69. The van der Waals surface area contributed by atoms with E-state index in [4.69, 9.17) is 4.74 Å². The zero-order valence-electron chi connectivity index (χ0n) is 9.79. The Morgan fingerprint density at radius 1 is 1.38 bits per heavy atom. The smallest absolute Gasteiger partial charge is 0.0662 e. The van der Waals surface area contributed by atoms with E-state index in [1.165, 1.54) is 11.1 Å². The molecule has 1 aromatic rings. The first-order valence-electron chi connectivity index (χ1n) is 5.78. The molecule has 0 spiro atoms. The molecule has 0 aromatic heterocycles. The molecule has 0 amide bonds. The lowest BCUT2D eigenvalue weighted by atomic mass is 9.97. The van der Waals surface area contributed by atoms with Gasteiger partial charge in [0.25, 0.3) is 0 Å². The van der Waals surface area contributed by atoms with Crippen molar-refractivity contribution in [3.8, 4) is 0 Å². The predicted octanol–water partition coefficient (Wildman–Crippen LogP) is 3.23. The number of hydrogen-bond donors (Lipinski definition) is 1. The average molecular weight is 284 g/mol. The third-order valence-electron chi connectivity index (χ3n) is 2.93. The summed E-state index contributed by atoms with van der Waals surface area (Å²) < 4.78 is 6.65. The molecule has 1 saturated heterocycles. The molecule has 3 heteroatoms. The lowest BCUT2D eigenvalue weighted by Crippen LogP contribution is -2.34. The molecule has 1 N–H and O–H groups in total. The van der Waals surface area contributed by atoms with Gasteiger partial charge in [-0.2, -0.15) is 0 Å². The van der Waals surface area contributed by atoms with Crippen molar-refractivity contribution in [3.05, 3.63) is 33.8 Å². The first kappa shape index (κ1) is 12.1. The van der Waals surface area contributed by atoms with Crippen LogP contribution < -0.4 is 5.32 Å². The number of halogens is 1. The Morgan fingerprint density at radius 2 is 2.19 bits per heavy atom. The summed E-state index contributed by atoms with van der Waals surface area (Å²) >= 11 is 3.58. The lowest BCUT2D eigenvalue weighted by Gasteiger charge is -2.25. The van der Waals surface area contributed by atoms with Gasteiger partial charge in [0.15, 0.2) is 0 Å². The van der Waals surface area contributed by atoms with Gasteiger partial charge in [-0.05, 0) is 29.2 Å². The van der Waals surface area contributed by atoms with Crippen LogP contribution in [-0.4, -0.2) is 19.8 Å². The van der Waals surface area contributed by atoms with Crippen LogP contribution in [0.2, 0.25) is 0 Å². The van der Waals surface area contributed by atoms with Crippen LogP contribution in [0.25, 0.3) is 0 Å². The fraction of sp³-hybridized carbons (Fsp3) is 0.538. The molecule has 2 nitrogen and oxygen atoms in total. The molecule has 2 rings (SSSR count). The van der Waals surface area contributed by atoms with Gasteiger partial charge in [0.2, 0.25) is 0 Å². The summed E-state index contributed by atoms with van der Waals surface area (Å²) in [6, 6.07) is 6.99. The van der Waals surface area contributed by atoms with Crippen LogP contribution >= 0.6 is 15.9 Å². The average Bonchev–Trinajstić information content (AvgIpc) is 2.29. The summed E-state index contributed by atoms with van der Waals surface area (Å²) in [6.45, 7) is 6.97. The second-order valence-electron chi connectivity index (χ2n) is 4.55. The van der Waals surface area contributed by atoms with Gasteiger partial charge in [-0.25, -0.2) is 0 Å². The van der Waals surface area contributed by atoms with E-state index in [9.17, 15) is 0 Å². The zero-order chi connectivity index (χ0) is 11.5. The molecular weight excluding hydrogens is 266 g/mol. The van der Waals surface area contributed by atoms with E-state index in [2.05, 4.69) is 53.3 Å². The van der Waals surface area contributed by atoms with E-state index in [1.54, 1.807) is 0 Å². The van der Waals surface area contributed by atoms with E-state index >= 15 is 0 Å². The first-order chi connectivity index (χ1) is 7.66. The molecular formula is C13H18BrNO. The third kappa shape index (κ3) is 2.84. The zero-order valence-corrected chi connectivity index (χ0v) is 11.4. The van der Waals surface area contributed by atoms with Gasteiger partial charge in [0, 0.05) is 11.0 Å². The van der Waals surface area contributed by atoms with Crippen molar-refractivity contribution in [2.24, 2.45) is 0 Å². The fourth-order valence-corrected chi connectivity index (χ4v) is 2.48. The van der Waals surface area contributed by atoms with E-state index in [0.29, 0.717) is 12.0 Å². The quantitative estimate of drug-likeness (QED) is 0.900. The number of morpholine rings is 1. The Hall–Kier alpha value is -0.380. The molecule has 1 aromatic carbocycles. The minimum atomic E-state index is 0.337. The number of rotatable bonds is 2. The van der Waals surface area contributed by atoms with Gasteiger partial charge in [0.1, 0.15) is 0 Å². The van der Waals surface area contributed by atoms with Crippen molar-refractivity contribution >= 4 is 15.9 Å². The van der Waals surface area contributed by atoms with Crippen LogP contribution in [0.15, 0.2) is 22.7 Å². The monoisotopic (exact) mass is 283 g/mol. The Kier molecular flexibility index (Phi) is 4.00. The Balaban J connectivity index is 2.25. The van der Waals surface area contributed by atoms with Crippen molar-refractivity contribution in [1.82, 2.24) is 5.32 Å². The van der Waals surface area contributed by atoms with Gasteiger partial charge < -0.3 is 10.1 Å². The highest BCUT2D eigenvalue weighted by Crippen LogP contribution is 2.26. The Morgan fingerprint density at radius 3 is 2.81 bits per heavy atom. The van der Waals surface area contributed by atoms with E-state index in [-0.39, 0.29) is 0 Å². The summed E-state index contributed by atoms with van der Waals surface area (Å²) in [4.78, 5) is 0. The van der Waals surface area contributed by atoms with Crippen LogP contribution in [0.3, 0.4) is 0 Å². The van der Waals surface area contributed by atoms with Crippen LogP contribution in [-0.2, 0) is 4.74 Å². The molecule has 1 atom stereocenters. The maximum absolute atomic E-state index is 5.50. The minimum Gasteiger partial charge on any atom is -0.378 e. The van der Waals surface area contributed by atoms with E-state index in [1.807, 2.05) is 0 Å². The van der Waals surface area contributed by atoms with Gasteiger partial charge in [0.05, 0.1) is 19.3 Å². The topological polar surface area (TPSA) is 21.3 Å².